The van der Waals surface area contributed by atoms with Gasteiger partial charge in [-0.15, -0.1) is 0 Å². The number of rotatable bonds is 6. The molecule has 0 radical (unpaired) electrons. The lowest BCUT2D eigenvalue weighted by Crippen LogP contribution is -2.41. The van der Waals surface area contributed by atoms with E-state index in [-0.39, 0.29) is 33.6 Å². The molecule has 6 rings (SSSR count). The van der Waals surface area contributed by atoms with Crippen molar-refractivity contribution in [1.29, 1.82) is 0 Å². The number of esters is 1. The van der Waals surface area contributed by atoms with E-state index >= 15 is 0 Å². The summed E-state index contributed by atoms with van der Waals surface area (Å²) in [6, 6.07) is 20.4. The SMILES string of the molecule is CCOC(=O)CN1C(=O)/C(=c2/sc3n(c2=O)[C@@H](c2ccc(F)cc2)C(C(=O)Nc2ccccc2)=C(C)N=3)c2ccccc21. The predicted molar refractivity (Wildman–Crippen MR) is 160 cm³/mol. The van der Waals surface area contributed by atoms with Gasteiger partial charge in [-0.25, -0.2) is 9.38 Å². The summed E-state index contributed by atoms with van der Waals surface area (Å²) < 4.78 is 20.5. The molecule has 11 heteroatoms. The summed E-state index contributed by atoms with van der Waals surface area (Å²) in [6.45, 7) is 3.20. The van der Waals surface area contributed by atoms with Crippen molar-refractivity contribution < 1.29 is 23.5 Å². The molecule has 43 heavy (non-hydrogen) atoms. The number of fused-ring (bicyclic) bond motifs is 2. The van der Waals surface area contributed by atoms with Gasteiger partial charge in [0.1, 0.15) is 16.9 Å². The standard InChI is InChI=1S/C32H25FN4O5S/c1-3-42-24(38)17-36-23-12-8-7-11-22(23)26(30(36)40)28-31(41)37-27(19-13-15-20(33)16-14-19)25(18(2)34-32(37)43-28)29(39)35-21-9-5-4-6-10-21/h4-16,27H,3,17H2,1-2H3,(H,35,39)/b28-26+/t27-/m0/s1. The number of benzene rings is 3. The third kappa shape index (κ3) is 4.97. The Hall–Kier alpha value is -5.16. The van der Waals surface area contributed by atoms with Gasteiger partial charge in [0.2, 0.25) is 0 Å². The third-order valence-electron chi connectivity index (χ3n) is 7.20. The summed E-state index contributed by atoms with van der Waals surface area (Å²) >= 11 is 1.02. The number of amides is 2. The average molecular weight is 597 g/mol. The summed E-state index contributed by atoms with van der Waals surface area (Å²) in [5, 5.41) is 2.87. The van der Waals surface area contributed by atoms with Crippen LogP contribution in [-0.4, -0.2) is 35.5 Å². The Morgan fingerprint density at radius 2 is 1.70 bits per heavy atom. The van der Waals surface area contributed by atoms with Gasteiger partial charge < -0.3 is 10.1 Å². The number of hydrogen-bond donors (Lipinski definition) is 1. The maximum absolute atomic E-state index is 14.3. The van der Waals surface area contributed by atoms with Crippen LogP contribution in [0.25, 0.3) is 5.57 Å². The number of carbonyl (C=O) groups excluding carboxylic acids is 3. The van der Waals surface area contributed by atoms with Crippen molar-refractivity contribution in [2.24, 2.45) is 4.99 Å². The molecule has 0 spiro atoms. The highest BCUT2D eigenvalue weighted by molar-refractivity contribution is 7.07. The van der Waals surface area contributed by atoms with Crippen molar-refractivity contribution in [2.75, 3.05) is 23.4 Å². The Labute approximate surface area is 248 Å². The van der Waals surface area contributed by atoms with Gasteiger partial charge in [-0.3, -0.25) is 28.6 Å². The molecule has 1 N–H and O–H groups in total. The number of hydrogen-bond acceptors (Lipinski definition) is 7. The van der Waals surface area contributed by atoms with Crippen LogP contribution in [0.5, 0.6) is 0 Å². The summed E-state index contributed by atoms with van der Waals surface area (Å²) in [5.74, 6) is -2.03. The molecule has 0 saturated heterocycles. The highest BCUT2D eigenvalue weighted by Gasteiger charge is 2.37. The van der Waals surface area contributed by atoms with E-state index in [1.54, 1.807) is 62.4 Å². The first-order valence-electron chi connectivity index (χ1n) is 13.5. The largest absolute Gasteiger partial charge is 0.465 e. The highest BCUT2D eigenvalue weighted by atomic mass is 32.1. The number of aromatic nitrogens is 1. The van der Waals surface area contributed by atoms with Crippen molar-refractivity contribution in [3.05, 3.63) is 127 Å². The Bertz CT molecular complexity index is 2000. The number of halogens is 1. The molecule has 0 unspecified atom stereocenters. The quantitative estimate of drug-likeness (QED) is 0.344. The number of nitrogens with zero attached hydrogens (tertiary/aromatic N) is 3. The Morgan fingerprint density at radius 3 is 2.42 bits per heavy atom. The molecule has 0 saturated carbocycles. The van der Waals surface area contributed by atoms with E-state index in [1.165, 1.54) is 33.7 Å². The van der Waals surface area contributed by atoms with Gasteiger partial charge in [-0.05, 0) is 49.7 Å². The van der Waals surface area contributed by atoms with Crippen molar-refractivity contribution in [1.82, 2.24) is 4.57 Å². The second-order valence-electron chi connectivity index (χ2n) is 9.86. The molecule has 3 aromatic carbocycles. The molecule has 1 aromatic heterocycles. The van der Waals surface area contributed by atoms with Crippen LogP contribution >= 0.6 is 11.3 Å². The van der Waals surface area contributed by atoms with Gasteiger partial charge in [-0.1, -0.05) is 59.9 Å². The predicted octanol–water partition coefficient (Wildman–Crippen LogP) is 3.29. The Balaban J connectivity index is 1.54. The smallest absolute Gasteiger partial charge is 0.326 e. The van der Waals surface area contributed by atoms with Crippen molar-refractivity contribution in [2.45, 2.75) is 19.9 Å². The molecule has 4 aromatic rings. The lowest BCUT2D eigenvalue weighted by atomic mass is 9.95. The zero-order chi connectivity index (χ0) is 30.2. The first kappa shape index (κ1) is 28.0. The maximum Gasteiger partial charge on any atom is 0.326 e. The molecular formula is C32H25FN4O5S. The summed E-state index contributed by atoms with van der Waals surface area (Å²) in [5.41, 5.74) is 2.22. The van der Waals surface area contributed by atoms with Gasteiger partial charge in [0.05, 0.1) is 35.2 Å². The number of nitrogens with one attached hydrogen (secondary N) is 1. The number of para-hydroxylation sites is 2. The average Bonchev–Trinajstić information content (AvgIpc) is 3.45. The number of carbonyl (C=O) groups is 3. The fourth-order valence-corrected chi connectivity index (χ4v) is 6.47. The fourth-order valence-electron chi connectivity index (χ4n) is 5.33. The van der Waals surface area contributed by atoms with Crippen LogP contribution in [0.3, 0.4) is 0 Å². The maximum atomic E-state index is 14.3. The van der Waals surface area contributed by atoms with Crippen LogP contribution in [0.4, 0.5) is 15.8 Å². The van der Waals surface area contributed by atoms with Crippen LogP contribution in [0, 0.1) is 5.82 Å². The monoisotopic (exact) mass is 596 g/mol. The molecule has 0 aliphatic carbocycles. The minimum Gasteiger partial charge on any atom is -0.465 e. The fraction of sp³-hybridized carbons (Fsp3) is 0.156. The second-order valence-corrected chi connectivity index (χ2v) is 10.8. The summed E-state index contributed by atoms with van der Waals surface area (Å²) in [6.07, 6.45) is 0. The van der Waals surface area contributed by atoms with Crippen LogP contribution in [0.2, 0.25) is 0 Å². The minimum atomic E-state index is -0.947. The van der Waals surface area contributed by atoms with Crippen LogP contribution in [0.15, 0.2) is 99.9 Å². The van der Waals surface area contributed by atoms with Crippen LogP contribution < -0.4 is 25.1 Å². The van der Waals surface area contributed by atoms with Crippen molar-refractivity contribution in [3.8, 4) is 0 Å². The first-order chi connectivity index (χ1) is 20.8. The lowest BCUT2D eigenvalue weighted by molar-refractivity contribution is -0.142. The van der Waals surface area contributed by atoms with E-state index in [4.69, 9.17) is 4.74 Å². The summed E-state index contributed by atoms with van der Waals surface area (Å²) in [4.78, 5) is 60.3. The Kier molecular flexibility index (Phi) is 7.32. The van der Waals surface area contributed by atoms with E-state index in [0.717, 1.165) is 11.3 Å². The van der Waals surface area contributed by atoms with Crippen molar-refractivity contribution in [3.63, 3.8) is 0 Å². The molecule has 2 aliphatic rings. The van der Waals surface area contributed by atoms with E-state index < -0.39 is 35.2 Å². The Morgan fingerprint density at radius 1 is 1.00 bits per heavy atom. The van der Waals surface area contributed by atoms with Gasteiger partial charge in [0, 0.05) is 11.3 Å². The zero-order valence-electron chi connectivity index (χ0n) is 23.2. The van der Waals surface area contributed by atoms with Crippen molar-refractivity contribution >= 4 is 46.1 Å². The number of ether oxygens (including phenoxy) is 1. The molecule has 0 fully saturated rings. The molecule has 3 heterocycles. The summed E-state index contributed by atoms with van der Waals surface area (Å²) in [7, 11) is 0. The number of allylic oxidation sites excluding steroid dienone is 1. The van der Waals surface area contributed by atoms with Crippen LogP contribution in [0.1, 0.15) is 31.0 Å². The molecule has 2 aliphatic heterocycles. The molecule has 9 nitrogen and oxygen atoms in total. The van der Waals surface area contributed by atoms with Gasteiger partial charge in [-0.2, -0.15) is 0 Å². The van der Waals surface area contributed by atoms with Gasteiger partial charge in [0.15, 0.2) is 4.80 Å². The highest BCUT2D eigenvalue weighted by Crippen LogP contribution is 2.35. The lowest BCUT2D eigenvalue weighted by Gasteiger charge is -2.25. The molecule has 1 atom stereocenters. The molecular weight excluding hydrogens is 571 g/mol. The zero-order valence-corrected chi connectivity index (χ0v) is 24.0. The number of anilines is 2. The van der Waals surface area contributed by atoms with E-state index in [0.29, 0.717) is 28.2 Å². The number of thiazole rings is 1. The van der Waals surface area contributed by atoms with Gasteiger partial charge >= 0.3 is 5.97 Å². The van der Waals surface area contributed by atoms with E-state index in [2.05, 4.69) is 10.3 Å². The first-order valence-corrected chi connectivity index (χ1v) is 14.3. The third-order valence-corrected chi connectivity index (χ3v) is 8.26. The molecule has 2 amide bonds. The van der Waals surface area contributed by atoms with E-state index in [1.807, 2.05) is 6.07 Å². The van der Waals surface area contributed by atoms with Crippen LogP contribution in [-0.2, 0) is 19.1 Å². The van der Waals surface area contributed by atoms with Gasteiger partial charge in [0.25, 0.3) is 17.4 Å². The normalized spacial score (nSPS) is 16.9. The molecule has 0 bridgehead atoms. The molecule has 216 valence electrons. The minimum absolute atomic E-state index is 0.118. The second kappa shape index (κ2) is 11.3. The van der Waals surface area contributed by atoms with E-state index in [9.17, 15) is 23.6 Å². The topological polar surface area (TPSA) is 110 Å².